The van der Waals surface area contributed by atoms with E-state index in [9.17, 15) is 8.78 Å². The number of likely N-dealkylation sites (tertiary alicyclic amines) is 1. The summed E-state index contributed by atoms with van der Waals surface area (Å²) in [4.78, 5) is 6.57. The van der Waals surface area contributed by atoms with Crippen LogP contribution in [0.3, 0.4) is 0 Å². The second kappa shape index (κ2) is 9.37. The number of nitrogens with one attached hydrogen (secondary N) is 2. The lowest BCUT2D eigenvalue weighted by Gasteiger charge is -2.32. The summed E-state index contributed by atoms with van der Waals surface area (Å²) >= 11 is 0. The molecule has 0 aromatic heterocycles. The monoisotopic (exact) mass is 336 g/mol. The Morgan fingerprint density at radius 3 is 2.79 bits per heavy atom. The van der Waals surface area contributed by atoms with Crippen LogP contribution in [0, 0.1) is 11.6 Å². The molecule has 0 amide bonds. The van der Waals surface area contributed by atoms with Gasteiger partial charge in [-0.15, -0.1) is 6.58 Å². The van der Waals surface area contributed by atoms with Crippen LogP contribution < -0.4 is 10.6 Å². The molecule has 0 spiro atoms. The molecule has 0 atom stereocenters. The van der Waals surface area contributed by atoms with Gasteiger partial charge in [-0.3, -0.25) is 9.89 Å². The highest BCUT2D eigenvalue weighted by Crippen LogP contribution is 2.11. The molecular weight excluding hydrogens is 310 g/mol. The zero-order valence-corrected chi connectivity index (χ0v) is 14.2. The van der Waals surface area contributed by atoms with Gasteiger partial charge in [0.15, 0.2) is 5.96 Å². The Hall–Kier alpha value is -1.95. The fourth-order valence-electron chi connectivity index (χ4n) is 2.88. The molecule has 1 aliphatic heterocycles. The number of halogens is 2. The van der Waals surface area contributed by atoms with Crippen molar-refractivity contribution in [2.45, 2.75) is 25.3 Å². The first-order valence-electron chi connectivity index (χ1n) is 8.36. The topological polar surface area (TPSA) is 39.7 Å². The van der Waals surface area contributed by atoms with Crippen molar-refractivity contribution in [3.63, 3.8) is 0 Å². The summed E-state index contributed by atoms with van der Waals surface area (Å²) in [7, 11) is 1.71. The number of nitrogens with zero attached hydrogens (tertiary/aromatic N) is 2. The molecule has 1 heterocycles. The van der Waals surface area contributed by atoms with Crippen LogP contribution in [0.5, 0.6) is 0 Å². The maximum atomic E-state index is 13.6. The van der Waals surface area contributed by atoms with Gasteiger partial charge in [0.05, 0.1) is 0 Å². The number of hydrogen-bond acceptors (Lipinski definition) is 2. The van der Waals surface area contributed by atoms with Gasteiger partial charge in [0.25, 0.3) is 0 Å². The van der Waals surface area contributed by atoms with Crippen molar-refractivity contribution >= 4 is 5.96 Å². The van der Waals surface area contributed by atoms with Crippen LogP contribution in [0.15, 0.2) is 35.8 Å². The second-order valence-corrected chi connectivity index (χ2v) is 5.99. The number of guanidine groups is 1. The van der Waals surface area contributed by atoms with Crippen molar-refractivity contribution < 1.29 is 8.78 Å². The van der Waals surface area contributed by atoms with Crippen molar-refractivity contribution in [3.8, 4) is 0 Å². The Balaban J connectivity index is 1.75. The molecule has 1 aromatic carbocycles. The average molecular weight is 336 g/mol. The summed E-state index contributed by atoms with van der Waals surface area (Å²) < 4.78 is 26.8. The number of aliphatic imine (C=N–C) groups is 1. The van der Waals surface area contributed by atoms with E-state index in [0.29, 0.717) is 30.5 Å². The fourth-order valence-corrected chi connectivity index (χ4v) is 2.88. The Morgan fingerprint density at radius 2 is 2.12 bits per heavy atom. The zero-order chi connectivity index (χ0) is 17.4. The van der Waals surface area contributed by atoms with Crippen LogP contribution in [-0.4, -0.2) is 50.1 Å². The maximum absolute atomic E-state index is 13.6. The van der Waals surface area contributed by atoms with E-state index < -0.39 is 5.82 Å². The first-order valence-corrected chi connectivity index (χ1v) is 8.36. The highest BCUT2D eigenvalue weighted by Gasteiger charge is 2.18. The molecule has 132 valence electrons. The second-order valence-electron chi connectivity index (χ2n) is 5.99. The van der Waals surface area contributed by atoms with Gasteiger partial charge in [0.1, 0.15) is 11.6 Å². The fraction of sp³-hybridized carbons (Fsp3) is 0.500. The van der Waals surface area contributed by atoms with Crippen LogP contribution in [0.4, 0.5) is 8.78 Å². The van der Waals surface area contributed by atoms with Gasteiger partial charge < -0.3 is 10.6 Å². The summed E-state index contributed by atoms with van der Waals surface area (Å²) in [6.07, 6.45) is 4.43. The molecule has 1 fully saturated rings. The lowest BCUT2D eigenvalue weighted by atomic mass is 10.1. The van der Waals surface area contributed by atoms with Crippen molar-refractivity contribution in [1.29, 1.82) is 0 Å². The van der Waals surface area contributed by atoms with Crippen molar-refractivity contribution in [1.82, 2.24) is 15.5 Å². The Morgan fingerprint density at radius 1 is 1.38 bits per heavy atom. The molecule has 0 unspecified atom stereocenters. The summed E-state index contributed by atoms with van der Waals surface area (Å²) in [6, 6.07) is 3.91. The van der Waals surface area contributed by atoms with Crippen LogP contribution in [0.2, 0.25) is 0 Å². The minimum atomic E-state index is -0.416. The van der Waals surface area contributed by atoms with E-state index in [2.05, 4.69) is 27.1 Å². The highest BCUT2D eigenvalue weighted by atomic mass is 19.1. The molecule has 0 saturated carbocycles. The van der Waals surface area contributed by atoms with E-state index >= 15 is 0 Å². The first kappa shape index (κ1) is 18.4. The first-order chi connectivity index (χ1) is 11.6. The minimum absolute atomic E-state index is 0.371. The molecule has 4 nitrogen and oxygen atoms in total. The lowest BCUT2D eigenvalue weighted by Crippen LogP contribution is -2.49. The summed E-state index contributed by atoms with van der Waals surface area (Å²) in [5, 5.41) is 6.57. The largest absolute Gasteiger partial charge is 0.356 e. The SMILES string of the molecule is C=CCN1CCC(NC(=NC)NCCc2cc(F)ccc2F)CC1. The van der Waals surface area contributed by atoms with Gasteiger partial charge >= 0.3 is 0 Å². The molecule has 6 heteroatoms. The molecule has 0 aliphatic carbocycles. The standard InChI is InChI=1S/C18H26F2N4/c1-3-10-24-11-7-16(8-12-24)23-18(21-2)22-9-6-14-13-15(19)4-5-17(14)20/h3-5,13,16H,1,6-12H2,2H3,(H2,21,22,23). The summed E-state index contributed by atoms with van der Waals surface area (Å²) in [6.45, 7) is 7.27. The van der Waals surface area contributed by atoms with E-state index in [1.807, 2.05) is 6.08 Å². The van der Waals surface area contributed by atoms with E-state index in [0.717, 1.165) is 44.6 Å². The van der Waals surface area contributed by atoms with Crippen LogP contribution >= 0.6 is 0 Å². The van der Waals surface area contributed by atoms with Crippen molar-refractivity contribution in [2.75, 3.05) is 33.2 Å². The van der Waals surface area contributed by atoms with Gasteiger partial charge in [-0.2, -0.15) is 0 Å². The molecule has 2 N–H and O–H groups in total. The molecule has 1 saturated heterocycles. The van der Waals surface area contributed by atoms with Crippen LogP contribution in [-0.2, 0) is 6.42 Å². The zero-order valence-electron chi connectivity index (χ0n) is 14.2. The van der Waals surface area contributed by atoms with Gasteiger partial charge in [0.2, 0.25) is 0 Å². The molecule has 24 heavy (non-hydrogen) atoms. The minimum Gasteiger partial charge on any atom is -0.356 e. The molecular formula is C18H26F2N4. The molecule has 0 radical (unpaired) electrons. The van der Waals surface area contributed by atoms with Crippen molar-refractivity contribution in [2.24, 2.45) is 4.99 Å². The smallest absolute Gasteiger partial charge is 0.191 e. The maximum Gasteiger partial charge on any atom is 0.191 e. The predicted octanol–water partition coefficient (Wildman–Crippen LogP) is 2.32. The van der Waals surface area contributed by atoms with Gasteiger partial charge in [0, 0.05) is 39.3 Å². The lowest BCUT2D eigenvalue weighted by molar-refractivity contribution is 0.225. The number of rotatable bonds is 6. The average Bonchev–Trinajstić information content (AvgIpc) is 2.59. The molecule has 0 bridgehead atoms. The highest BCUT2D eigenvalue weighted by molar-refractivity contribution is 5.79. The Labute approximate surface area is 142 Å². The van der Waals surface area contributed by atoms with Crippen LogP contribution in [0.1, 0.15) is 18.4 Å². The van der Waals surface area contributed by atoms with E-state index in [4.69, 9.17) is 0 Å². The molecule has 1 aromatic rings. The van der Waals surface area contributed by atoms with Crippen molar-refractivity contribution in [3.05, 3.63) is 48.1 Å². The quantitative estimate of drug-likeness (QED) is 0.476. The number of benzene rings is 1. The molecule has 1 aliphatic rings. The predicted molar refractivity (Wildman–Crippen MR) is 94.2 cm³/mol. The molecule has 2 rings (SSSR count). The third kappa shape index (κ3) is 5.60. The Kier molecular flexibility index (Phi) is 7.18. The van der Waals surface area contributed by atoms with Gasteiger partial charge in [-0.1, -0.05) is 6.08 Å². The van der Waals surface area contributed by atoms with E-state index in [1.54, 1.807) is 7.05 Å². The van der Waals surface area contributed by atoms with Gasteiger partial charge in [-0.05, 0) is 43.0 Å². The Bertz CT molecular complexity index is 566. The third-order valence-corrected chi connectivity index (χ3v) is 4.23. The summed E-state index contributed by atoms with van der Waals surface area (Å²) in [5.74, 6) is -0.0927. The number of hydrogen-bond donors (Lipinski definition) is 2. The van der Waals surface area contributed by atoms with E-state index in [1.165, 1.54) is 6.07 Å². The third-order valence-electron chi connectivity index (χ3n) is 4.23. The van der Waals surface area contributed by atoms with Gasteiger partial charge in [-0.25, -0.2) is 8.78 Å². The normalized spacial score (nSPS) is 16.9. The number of piperidine rings is 1. The van der Waals surface area contributed by atoms with Crippen LogP contribution in [0.25, 0.3) is 0 Å². The summed E-state index contributed by atoms with van der Waals surface area (Å²) in [5.41, 5.74) is 0.371. The van der Waals surface area contributed by atoms with E-state index in [-0.39, 0.29) is 5.82 Å².